The minimum atomic E-state index is -0.964. The van der Waals surface area contributed by atoms with E-state index >= 15 is 0 Å². The number of ether oxygens (including phenoxy) is 1. The van der Waals surface area contributed by atoms with Gasteiger partial charge in [-0.3, -0.25) is 0 Å². The summed E-state index contributed by atoms with van der Waals surface area (Å²) in [6.45, 7) is 9.95. The van der Waals surface area contributed by atoms with E-state index in [4.69, 9.17) is 9.16 Å². The third-order valence-electron chi connectivity index (χ3n) is 1.44. The van der Waals surface area contributed by atoms with Crippen molar-refractivity contribution in [1.82, 2.24) is 0 Å². The molecule has 0 radical (unpaired) electrons. The lowest BCUT2D eigenvalue weighted by Gasteiger charge is -2.15. The smallest absolute Gasteiger partial charge is 0.330 e. The van der Waals surface area contributed by atoms with Crippen molar-refractivity contribution in [3.05, 3.63) is 12.7 Å². The van der Waals surface area contributed by atoms with Crippen LogP contribution in [-0.2, 0) is 14.0 Å². The third-order valence-corrected chi connectivity index (χ3v) is 2.45. The second kappa shape index (κ2) is 6.86. The van der Waals surface area contributed by atoms with Crippen LogP contribution in [0.1, 0.15) is 13.3 Å². The Balaban J connectivity index is 3.41. The van der Waals surface area contributed by atoms with Gasteiger partial charge in [0.05, 0.1) is 6.61 Å². The van der Waals surface area contributed by atoms with Gasteiger partial charge in [0.15, 0.2) is 9.04 Å². The van der Waals surface area contributed by atoms with Gasteiger partial charge in [-0.25, -0.2) is 4.79 Å². The molecule has 0 N–H and O–H groups in total. The molecule has 4 heteroatoms. The first-order valence-electron chi connectivity index (χ1n) is 4.51. The van der Waals surface area contributed by atoms with Crippen molar-refractivity contribution >= 4 is 15.0 Å². The summed E-state index contributed by atoms with van der Waals surface area (Å²) in [6, 6.07) is 0. The van der Waals surface area contributed by atoms with Crippen LogP contribution in [-0.4, -0.2) is 27.7 Å². The zero-order valence-corrected chi connectivity index (χ0v) is 9.73. The van der Waals surface area contributed by atoms with Crippen molar-refractivity contribution in [2.75, 3.05) is 6.61 Å². The van der Waals surface area contributed by atoms with E-state index in [1.165, 1.54) is 6.08 Å². The molecule has 0 aliphatic rings. The summed E-state index contributed by atoms with van der Waals surface area (Å²) in [7, 11) is -0.964. The van der Waals surface area contributed by atoms with Crippen LogP contribution >= 0.6 is 0 Å². The highest BCUT2D eigenvalue weighted by molar-refractivity contribution is 6.48. The fraction of sp³-hybridized carbons (Fsp3) is 0.667. The Morgan fingerprint density at radius 1 is 1.62 bits per heavy atom. The lowest BCUT2D eigenvalue weighted by molar-refractivity contribution is -0.138. The standard InChI is InChI=1S/C9H18O3Si/c1-5-9(10)11-7-6-8(2)12-13(3)4/h5,8,13H,1,6-7H2,2-4H3. The Morgan fingerprint density at radius 2 is 2.23 bits per heavy atom. The van der Waals surface area contributed by atoms with Gasteiger partial charge in [0.2, 0.25) is 0 Å². The van der Waals surface area contributed by atoms with Crippen molar-refractivity contribution in [3.8, 4) is 0 Å². The van der Waals surface area contributed by atoms with Crippen LogP contribution in [0, 0.1) is 0 Å². The van der Waals surface area contributed by atoms with Gasteiger partial charge < -0.3 is 9.16 Å². The van der Waals surface area contributed by atoms with Crippen molar-refractivity contribution in [3.63, 3.8) is 0 Å². The number of esters is 1. The molecule has 0 aliphatic carbocycles. The van der Waals surface area contributed by atoms with Crippen LogP contribution in [0.15, 0.2) is 12.7 Å². The fourth-order valence-corrected chi connectivity index (χ4v) is 1.98. The number of carbonyl (C=O) groups excluding carboxylic acids is 1. The average molecular weight is 202 g/mol. The van der Waals surface area contributed by atoms with Gasteiger partial charge in [0.25, 0.3) is 0 Å². The summed E-state index contributed by atoms with van der Waals surface area (Å²) in [4.78, 5) is 10.6. The molecule has 0 spiro atoms. The van der Waals surface area contributed by atoms with E-state index in [2.05, 4.69) is 19.7 Å². The van der Waals surface area contributed by atoms with Crippen molar-refractivity contribution in [2.45, 2.75) is 32.5 Å². The Bertz CT molecular complexity index is 168. The number of hydrogen-bond acceptors (Lipinski definition) is 3. The first-order chi connectivity index (χ1) is 6.06. The van der Waals surface area contributed by atoms with Gasteiger partial charge in [-0.15, -0.1) is 0 Å². The molecule has 0 fully saturated rings. The molecule has 0 heterocycles. The summed E-state index contributed by atoms with van der Waals surface area (Å²) >= 11 is 0. The predicted octanol–water partition coefficient (Wildman–Crippen LogP) is 1.49. The molecule has 13 heavy (non-hydrogen) atoms. The molecular formula is C9H18O3Si. The zero-order chi connectivity index (χ0) is 10.3. The first kappa shape index (κ1) is 12.4. The fourth-order valence-electron chi connectivity index (χ4n) is 0.917. The van der Waals surface area contributed by atoms with Gasteiger partial charge in [-0.2, -0.15) is 0 Å². The molecule has 3 nitrogen and oxygen atoms in total. The predicted molar refractivity (Wildman–Crippen MR) is 55.2 cm³/mol. The van der Waals surface area contributed by atoms with E-state index in [1.807, 2.05) is 6.92 Å². The van der Waals surface area contributed by atoms with Crippen molar-refractivity contribution < 1.29 is 14.0 Å². The first-order valence-corrected chi connectivity index (χ1v) is 7.29. The third kappa shape index (κ3) is 7.74. The highest BCUT2D eigenvalue weighted by Crippen LogP contribution is 2.00. The molecular weight excluding hydrogens is 184 g/mol. The second-order valence-electron chi connectivity index (χ2n) is 3.16. The second-order valence-corrected chi connectivity index (χ2v) is 5.53. The topological polar surface area (TPSA) is 35.5 Å². The van der Waals surface area contributed by atoms with E-state index in [0.717, 1.165) is 6.42 Å². The Hall–Kier alpha value is -0.613. The van der Waals surface area contributed by atoms with Gasteiger partial charge in [-0.1, -0.05) is 6.58 Å². The molecule has 0 aromatic carbocycles. The van der Waals surface area contributed by atoms with Crippen LogP contribution in [0.2, 0.25) is 13.1 Å². The van der Waals surface area contributed by atoms with Gasteiger partial charge in [-0.05, 0) is 20.0 Å². The van der Waals surface area contributed by atoms with Gasteiger partial charge in [0, 0.05) is 18.6 Å². The maximum Gasteiger partial charge on any atom is 0.330 e. The highest BCUT2D eigenvalue weighted by atomic mass is 28.3. The molecule has 0 saturated heterocycles. The summed E-state index contributed by atoms with van der Waals surface area (Å²) in [5.74, 6) is -0.367. The quantitative estimate of drug-likeness (QED) is 0.372. The SMILES string of the molecule is C=CC(=O)OCCC(C)O[SiH](C)C. The molecule has 0 aromatic heterocycles. The van der Waals surface area contributed by atoms with Crippen LogP contribution < -0.4 is 0 Å². The molecule has 0 rings (SSSR count). The zero-order valence-electron chi connectivity index (χ0n) is 8.58. The summed E-state index contributed by atoms with van der Waals surface area (Å²) in [5, 5.41) is 0. The molecule has 1 atom stereocenters. The monoisotopic (exact) mass is 202 g/mol. The molecule has 76 valence electrons. The van der Waals surface area contributed by atoms with E-state index in [0.29, 0.717) is 6.61 Å². The van der Waals surface area contributed by atoms with Crippen molar-refractivity contribution in [2.24, 2.45) is 0 Å². The Morgan fingerprint density at radius 3 is 2.69 bits per heavy atom. The number of rotatable bonds is 6. The normalized spacial score (nSPS) is 12.6. The summed E-state index contributed by atoms with van der Waals surface area (Å²) < 4.78 is 10.4. The molecule has 0 saturated carbocycles. The largest absolute Gasteiger partial charge is 0.462 e. The number of carbonyl (C=O) groups is 1. The van der Waals surface area contributed by atoms with Gasteiger partial charge >= 0.3 is 5.97 Å². The maximum atomic E-state index is 10.6. The molecule has 0 amide bonds. The van der Waals surface area contributed by atoms with E-state index < -0.39 is 9.04 Å². The van der Waals surface area contributed by atoms with Gasteiger partial charge in [0.1, 0.15) is 0 Å². The maximum absolute atomic E-state index is 10.6. The summed E-state index contributed by atoms with van der Waals surface area (Å²) in [6.07, 6.45) is 2.11. The lowest BCUT2D eigenvalue weighted by atomic mass is 10.3. The highest BCUT2D eigenvalue weighted by Gasteiger charge is 2.05. The van der Waals surface area contributed by atoms with E-state index in [1.54, 1.807) is 0 Å². The van der Waals surface area contributed by atoms with Crippen LogP contribution in [0.25, 0.3) is 0 Å². The average Bonchev–Trinajstić information content (AvgIpc) is 2.02. The van der Waals surface area contributed by atoms with Crippen LogP contribution in [0.5, 0.6) is 0 Å². The minimum Gasteiger partial charge on any atom is -0.462 e. The van der Waals surface area contributed by atoms with Crippen LogP contribution in [0.4, 0.5) is 0 Å². The molecule has 0 aliphatic heterocycles. The molecule has 0 bridgehead atoms. The lowest BCUT2D eigenvalue weighted by Crippen LogP contribution is -2.19. The minimum absolute atomic E-state index is 0.185. The molecule has 0 aromatic rings. The Kier molecular flexibility index (Phi) is 6.53. The van der Waals surface area contributed by atoms with Crippen LogP contribution in [0.3, 0.4) is 0 Å². The number of hydrogen-bond donors (Lipinski definition) is 0. The van der Waals surface area contributed by atoms with E-state index in [-0.39, 0.29) is 12.1 Å². The van der Waals surface area contributed by atoms with Crippen molar-refractivity contribution in [1.29, 1.82) is 0 Å². The van der Waals surface area contributed by atoms with E-state index in [9.17, 15) is 4.79 Å². The Labute approximate surface area is 81.5 Å². The summed E-state index contributed by atoms with van der Waals surface area (Å²) in [5.41, 5.74) is 0. The molecule has 1 unspecified atom stereocenters.